The van der Waals surface area contributed by atoms with Gasteiger partial charge in [0.2, 0.25) is 0 Å². The average Bonchev–Trinajstić information content (AvgIpc) is 3.03. The maximum absolute atomic E-state index is 12.5. The number of hydrogen-bond acceptors (Lipinski definition) is 4. The topological polar surface area (TPSA) is 85.2 Å². The Hall–Kier alpha value is -3.35. The number of aromatic nitrogens is 2. The van der Waals surface area contributed by atoms with Crippen LogP contribution in [0.5, 0.6) is 5.75 Å². The second-order valence-corrected chi connectivity index (χ2v) is 5.99. The fourth-order valence-electron chi connectivity index (χ4n) is 3.09. The molecule has 0 bridgehead atoms. The van der Waals surface area contributed by atoms with Crippen molar-refractivity contribution in [2.24, 2.45) is 0 Å². The van der Waals surface area contributed by atoms with E-state index in [0.29, 0.717) is 23.5 Å². The third-order valence-electron chi connectivity index (χ3n) is 4.33. The summed E-state index contributed by atoms with van der Waals surface area (Å²) in [4.78, 5) is 28.4. The summed E-state index contributed by atoms with van der Waals surface area (Å²) in [6, 6.07) is 12.9. The number of benzene rings is 2. The number of fused-ring (bicyclic) bond motifs is 2. The Morgan fingerprint density at radius 1 is 1.31 bits per heavy atom. The lowest BCUT2D eigenvalue weighted by molar-refractivity contribution is -0.118. The molecule has 3 aromatic rings. The van der Waals surface area contributed by atoms with Gasteiger partial charge in [-0.15, -0.1) is 0 Å². The molecule has 0 atom stereocenters. The minimum absolute atomic E-state index is 0.0431. The molecular weight excluding hydrogens is 332 g/mol. The Labute approximate surface area is 150 Å². The lowest BCUT2D eigenvalue weighted by Gasteiger charge is -2.18. The van der Waals surface area contributed by atoms with E-state index in [-0.39, 0.29) is 18.4 Å². The van der Waals surface area contributed by atoms with Gasteiger partial charge < -0.3 is 19.9 Å². The Morgan fingerprint density at radius 3 is 3.00 bits per heavy atom. The zero-order valence-electron chi connectivity index (χ0n) is 14.3. The lowest BCUT2D eigenvalue weighted by Crippen LogP contribution is -2.27. The first-order valence-electron chi connectivity index (χ1n) is 8.44. The molecule has 1 aliphatic heterocycles. The van der Waals surface area contributed by atoms with Crippen molar-refractivity contribution in [1.82, 2.24) is 14.9 Å². The van der Waals surface area contributed by atoms with Gasteiger partial charge in [0.1, 0.15) is 11.6 Å². The number of carbonyl (C=O) groups excluding carboxylic acids is 2. The first kappa shape index (κ1) is 16.1. The lowest BCUT2D eigenvalue weighted by atomic mass is 10.1. The summed E-state index contributed by atoms with van der Waals surface area (Å²) >= 11 is 0. The number of nitrogens with one attached hydrogen (secondary N) is 2. The first-order valence-corrected chi connectivity index (χ1v) is 8.44. The maximum Gasteiger partial charge on any atom is 0.262 e. The molecule has 0 spiro atoms. The highest BCUT2D eigenvalue weighted by atomic mass is 16.5. The van der Waals surface area contributed by atoms with Gasteiger partial charge in [-0.05, 0) is 37.3 Å². The van der Waals surface area contributed by atoms with E-state index in [1.54, 1.807) is 18.2 Å². The summed E-state index contributed by atoms with van der Waals surface area (Å²) in [5, 5.41) is 5.61. The Kier molecular flexibility index (Phi) is 4.04. The number of rotatable bonds is 4. The maximum atomic E-state index is 12.5. The molecule has 1 aliphatic rings. The highest BCUT2D eigenvalue weighted by molar-refractivity contribution is 5.99. The normalized spacial score (nSPS) is 13.0. The van der Waals surface area contributed by atoms with Gasteiger partial charge in [-0.1, -0.05) is 12.1 Å². The summed E-state index contributed by atoms with van der Waals surface area (Å²) in [6.07, 6.45) is 0. The molecular formula is C19H18N4O3. The van der Waals surface area contributed by atoms with Crippen LogP contribution in [0.4, 0.5) is 5.69 Å². The van der Waals surface area contributed by atoms with Gasteiger partial charge in [-0.25, -0.2) is 4.98 Å². The largest absolute Gasteiger partial charge is 0.482 e. The number of aryl methyl sites for hydroxylation is 1. The molecule has 0 unspecified atom stereocenters. The van der Waals surface area contributed by atoms with Crippen LogP contribution < -0.4 is 15.4 Å². The Morgan fingerprint density at radius 2 is 2.15 bits per heavy atom. The minimum Gasteiger partial charge on any atom is -0.482 e. The molecule has 2 aromatic carbocycles. The number of para-hydroxylation sites is 2. The molecule has 7 nitrogen and oxygen atoms in total. The number of imidazole rings is 1. The third-order valence-corrected chi connectivity index (χ3v) is 4.33. The zero-order chi connectivity index (χ0) is 18.1. The first-order chi connectivity index (χ1) is 12.7. The van der Waals surface area contributed by atoms with Crippen LogP contribution in [0.2, 0.25) is 0 Å². The highest BCUT2D eigenvalue weighted by Gasteiger charge is 2.18. The van der Waals surface area contributed by atoms with E-state index < -0.39 is 0 Å². The number of ether oxygens (including phenoxy) is 1. The molecule has 132 valence electrons. The summed E-state index contributed by atoms with van der Waals surface area (Å²) < 4.78 is 7.44. The van der Waals surface area contributed by atoms with Gasteiger partial charge in [-0.2, -0.15) is 0 Å². The number of anilines is 1. The third kappa shape index (κ3) is 2.88. The molecule has 0 fully saturated rings. The van der Waals surface area contributed by atoms with Crippen molar-refractivity contribution in [1.29, 1.82) is 0 Å². The molecule has 0 aliphatic carbocycles. The zero-order valence-corrected chi connectivity index (χ0v) is 14.3. The molecule has 0 saturated heterocycles. The van der Waals surface area contributed by atoms with Crippen molar-refractivity contribution in [2.75, 3.05) is 11.9 Å². The van der Waals surface area contributed by atoms with E-state index in [1.165, 1.54) is 0 Å². The van der Waals surface area contributed by atoms with E-state index in [9.17, 15) is 9.59 Å². The standard InChI is InChI=1S/C19H18N4O3/c1-2-23-15-6-4-3-5-13(15)21-17(23)10-20-19(25)12-7-8-14-16(9-12)26-11-18(24)22-14/h3-9H,2,10-11H2,1H3,(H,20,25)(H,22,24). The van der Waals surface area contributed by atoms with Gasteiger partial charge >= 0.3 is 0 Å². The molecule has 1 aromatic heterocycles. The van der Waals surface area contributed by atoms with Gasteiger partial charge in [0.05, 0.1) is 23.3 Å². The van der Waals surface area contributed by atoms with E-state index in [2.05, 4.69) is 27.1 Å². The second kappa shape index (κ2) is 6.51. The van der Waals surface area contributed by atoms with E-state index in [1.807, 2.05) is 24.3 Å². The van der Waals surface area contributed by atoms with Gasteiger partial charge in [0.25, 0.3) is 11.8 Å². The van der Waals surface area contributed by atoms with Crippen molar-refractivity contribution >= 4 is 28.5 Å². The van der Waals surface area contributed by atoms with E-state index in [0.717, 1.165) is 23.4 Å². The van der Waals surface area contributed by atoms with Crippen molar-refractivity contribution in [3.8, 4) is 5.75 Å². The molecule has 2 heterocycles. The van der Waals surface area contributed by atoms with Gasteiger partial charge in [0, 0.05) is 12.1 Å². The van der Waals surface area contributed by atoms with Crippen molar-refractivity contribution in [3.05, 3.63) is 53.9 Å². The molecule has 4 rings (SSSR count). The monoisotopic (exact) mass is 350 g/mol. The second-order valence-electron chi connectivity index (χ2n) is 5.99. The number of amides is 2. The SMILES string of the molecule is CCn1c(CNC(=O)c2ccc3c(c2)OCC(=O)N3)nc2ccccc21. The summed E-state index contributed by atoms with van der Waals surface area (Å²) in [6.45, 7) is 3.11. The molecule has 2 N–H and O–H groups in total. The van der Waals surface area contributed by atoms with Crippen LogP contribution in [0.3, 0.4) is 0 Å². The molecule has 0 saturated carbocycles. The van der Waals surface area contributed by atoms with Crippen LogP contribution in [-0.2, 0) is 17.9 Å². The Bertz CT molecular complexity index is 1010. The summed E-state index contributed by atoms with van der Waals surface area (Å²) in [5.74, 6) is 0.887. The predicted octanol–water partition coefficient (Wildman–Crippen LogP) is 2.32. The number of carbonyl (C=O) groups is 2. The van der Waals surface area contributed by atoms with E-state index >= 15 is 0 Å². The molecule has 0 radical (unpaired) electrons. The van der Waals surface area contributed by atoms with Crippen molar-refractivity contribution in [2.45, 2.75) is 20.0 Å². The smallest absolute Gasteiger partial charge is 0.262 e. The van der Waals surface area contributed by atoms with Gasteiger partial charge in [-0.3, -0.25) is 9.59 Å². The molecule has 2 amide bonds. The highest BCUT2D eigenvalue weighted by Crippen LogP contribution is 2.28. The fourth-order valence-corrected chi connectivity index (χ4v) is 3.09. The number of nitrogens with zero attached hydrogens (tertiary/aromatic N) is 2. The molecule has 7 heteroatoms. The number of hydrogen-bond donors (Lipinski definition) is 2. The predicted molar refractivity (Wildman–Crippen MR) is 97.1 cm³/mol. The van der Waals surface area contributed by atoms with Crippen molar-refractivity contribution < 1.29 is 14.3 Å². The van der Waals surface area contributed by atoms with Crippen LogP contribution >= 0.6 is 0 Å². The minimum atomic E-state index is -0.219. The average molecular weight is 350 g/mol. The van der Waals surface area contributed by atoms with Crippen LogP contribution in [0.15, 0.2) is 42.5 Å². The van der Waals surface area contributed by atoms with Crippen LogP contribution in [0.1, 0.15) is 23.1 Å². The quantitative estimate of drug-likeness (QED) is 0.756. The van der Waals surface area contributed by atoms with Crippen LogP contribution in [0.25, 0.3) is 11.0 Å². The van der Waals surface area contributed by atoms with Gasteiger partial charge in [0.15, 0.2) is 6.61 Å². The van der Waals surface area contributed by atoms with Crippen LogP contribution in [0, 0.1) is 0 Å². The van der Waals surface area contributed by atoms with E-state index in [4.69, 9.17) is 4.74 Å². The Balaban J connectivity index is 1.52. The fraction of sp³-hybridized carbons (Fsp3) is 0.211. The molecule has 26 heavy (non-hydrogen) atoms. The summed E-state index contributed by atoms with van der Waals surface area (Å²) in [7, 11) is 0. The van der Waals surface area contributed by atoms with Crippen molar-refractivity contribution in [3.63, 3.8) is 0 Å². The van der Waals surface area contributed by atoms with Crippen LogP contribution in [-0.4, -0.2) is 28.0 Å². The summed E-state index contributed by atoms with van der Waals surface area (Å²) in [5.41, 5.74) is 3.01.